The molecule has 0 aliphatic rings. The molecule has 0 aliphatic carbocycles. The van der Waals surface area contributed by atoms with Crippen LogP contribution in [0.4, 0.5) is 20.4 Å². The fraction of sp³-hybridized carbons (Fsp3) is 0.0714. The van der Waals surface area contributed by atoms with Gasteiger partial charge in [0.2, 0.25) is 5.95 Å². The summed E-state index contributed by atoms with van der Waals surface area (Å²) >= 11 is 0. The van der Waals surface area contributed by atoms with Gasteiger partial charge in [-0.3, -0.25) is 4.79 Å². The summed E-state index contributed by atoms with van der Waals surface area (Å²) < 4.78 is 25.8. The smallest absolute Gasteiger partial charge is 0.254 e. The summed E-state index contributed by atoms with van der Waals surface area (Å²) in [5.41, 5.74) is 0.588. The fourth-order valence-electron chi connectivity index (χ4n) is 1.48. The third-order valence-electron chi connectivity index (χ3n) is 2.50. The van der Waals surface area contributed by atoms with E-state index in [2.05, 4.69) is 27.2 Å². The fourth-order valence-corrected chi connectivity index (χ4v) is 1.48. The second-order valence-corrected chi connectivity index (χ2v) is 4.05. The van der Waals surface area contributed by atoms with Gasteiger partial charge in [0.1, 0.15) is 0 Å². The van der Waals surface area contributed by atoms with Gasteiger partial charge in [-0.1, -0.05) is 6.08 Å². The van der Waals surface area contributed by atoms with E-state index in [-0.39, 0.29) is 17.4 Å². The summed E-state index contributed by atoms with van der Waals surface area (Å²) in [7, 11) is 0. The van der Waals surface area contributed by atoms with Crippen LogP contribution in [0, 0.1) is 11.6 Å². The van der Waals surface area contributed by atoms with Crippen LogP contribution < -0.4 is 10.6 Å². The SMILES string of the molecule is C=CCNC(=O)c1cnc(Nc2ccc(F)c(F)c2)nc1. The standard InChI is InChI=1S/C14H12F2N4O/c1-2-5-17-13(21)9-7-18-14(19-8-9)20-10-3-4-11(15)12(16)6-10/h2-4,6-8H,1,5H2,(H,17,21)(H,18,19,20). The summed E-state index contributed by atoms with van der Waals surface area (Å²) in [5, 5.41) is 5.29. The van der Waals surface area contributed by atoms with E-state index in [0.717, 1.165) is 12.1 Å². The molecule has 0 saturated carbocycles. The maximum atomic E-state index is 13.1. The Hall–Kier alpha value is -2.83. The van der Waals surface area contributed by atoms with E-state index >= 15 is 0 Å². The normalized spacial score (nSPS) is 10.0. The van der Waals surface area contributed by atoms with E-state index in [4.69, 9.17) is 0 Å². The quantitative estimate of drug-likeness (QED) is 0.830. The van der Waals surface area contributed by atoms with Crippen LogP contribution in [0.3, 0.4) is 0 Å². The summed E-state index contributed by atoms with van der Waals surface area (Å²) in [5.74, 6) is -2.06. The molecule has 5 nitrogen and oxygen atoms in total. The number of hydrogen-bond donors (Lipinski definition) is 2. The van der Waals surface area contributed by atoms with Crippen LogP contribution in [0.15, 0.2) is 43.2 Å². The van der Waals surface area contributed by atoms with Gasteiger partial charge in [0.05, 0.1) is 5.56 Å². The zero-order valence-corrected chi connectivity index (χ0v) is 10.9. The molecular formula is C14H12F2N4O. The lowest BCUT2D eigenvalue weighted by Gasteiger charge is -2.06. The molecule has 7 heteroatoms. The Morgan fingerprint density at radius 1 is 1.24 bits per heavy atom. The van der Waals surface area contributed by atoms with Crippen LogP contribution in [0.1, 0.15) is 10.4 Å². The zero-order chi connectivity index (χ0) is 15.2. The molecule has 2 rings (SSSR count). The largest absolute Gasteiger partial charge is 0.348 e. The molecule has 2 aromatic rings. The molecule has 21 heavy (non-hydrogen) atoms. The van der Waals surface area contributed by atoms with Crippen molar-refractivity contribution in [2.24, 2.45) is 0 Å². The third kappa shape index (κ3) is 3.82. The van der Waals surface area contributed by atoms with Crippen LogP contribution in [0.2, 0.25) is 0 Å². The topological polar surface area (TPSA) is 66.9 Å². The van der Waals surface area contributed by atoms with Crippen molar-refractivity contribution in [1.29, 1.82) is 0 Å². The number of nitrogens with one attached hydrogen (secondary N) is 2. The number of anilines is 2. The molecule has 1 aromatic carbocycles. The minimum atomic E-state index is -0.972. The molecule has 0 radical (unpaired) electrons. The number of aromatic nitrogens is 2. The Labute approximate surface area is 119 Å². The molecule has 0 aliphatic heterocycles. The minimum Gasteiger partial charge on any atom is -0.348 e. The average Bonchev–Trinajstić information content (AvgIpc) is 2.49. The number of halogens is 2. The summed E-state index contributed by atoms with van der Waals surface area (Å²) in [6, 6.07) is 3.34. The Bertz CT molecular complexity index is 659. The van der Waals surface area contributed by atoms with Crippen molar-refractivity contribution in [3.8, 4) is 0 Å². The molecule has 0 spiro atoms. The van der Waals surface area contributed by atoms with Crippen molar-refractivity contribution in [3.05, 3.63) is 60.4 Å². The highest BCUT2D eigenvalue weighted by atomic mass is 19.2. The summed E-state index contributed by atoms with van der Waals surface area (Å²) in [4.78, 5) is 19.5. The van der Waals surface area contributed by atoms with E-state index in [9.17, 15) is 13.6 Å². The first-order valence-corrected chi connectivity index (χ1v) is 6.03. The molecule has 0 unspecified atom stereocenters. The Kier molecular flexibility index (Phi) is 4.55. The van der Waals surface area contributed by atoms with Crippen LogP contribution in [-0.2, 0) is 0 Å². The van der Waals surface area contributed by atoms with Crippen molar-refractivity contribution in [2.75, 3.05) is 11.9 Å². The zero-order valence-electron chi connectivity index (χ0n) is 10.9. The maximum Gasteiger partial charge on any atom is 0.254 e. The molecule has 0 atom stereocenters. The van der Waals surface area contributed by atoms with Crippen molar-refractivity contribution >= 4 is 17.5 Å². The maximum absolute atomic E-state index is 13.1. The molecule has 2 N–H and O–H groups in total. The Morgan fingerprint density at radius 3 is 2.57 bits per heavy atom. The van der Waals surface area contributed by atoms with E-state index in [1.807, 2.05) is 0 Å². The van der Waals surface area contributed by atoms with Gasteiger partial charge in [-0.15, -0.1) is 6.58 Å². The van der Waals surface area contributed by atoms with E-state index in [1.165, 1.54) is 18.5 Å². The lowest BCUT2D eigenvalue weighted by molar-refractivity contribution is 0.0957. The molecule has 0 fully saturated rings. The lowest BCUT2D eigenvalue weighted by Crippen LogP contribution is -2.23. The highest BCUT2D eigenvalue weighted by molar-refractivity contribution is 5.93. The highest BCUT2D eigenvalue weighted by Crippen LogP contribution is 2.16. The monoisotopic (exact) mass is 290 g/mol. The van der Waals surface area contributed by atoms with Crippen LogP contribution >= 0.6 is 0 Å². The first-order valence-electron chi connectivity index (χ1n) is 6.03. The molecule has 108 valence electrons. The van der Waals surface area contributed by atoms with Gasteiger partial charge >= 0.3 is 0 Å². The number of hydrogen-bond acceptors (Lipinski definition) is 4. The summed E-state index contributed by atoms with van der Waals surface area (Å²) in [6.45, 7) is 3.83. The Balaban J connectivity index is 2.06. The second-order valence-electron chi connectivity index (χ2n) is 4.05. The van der Waals surface area contributed by atoms with E-state index < -0.39 is 11.6 Å². The number of rotatable bonds is 5. The van der Waals surface area contributed by atoms with Gasteiger partial charge in [-0.05, 0) is 12.1 Å². The van der Waals surface area contributed by atoms with Gasteiger partial charge in [-0.2, -0.15) is 0 Å². The highest BCUT2D eigenvalue weighted by Gasteiger charge is 2.07. The number of carbonyl (C=O) groups is 1. The molecule has 0 bridgehead atoms. The molecular weight excluding hydrogens is 278 g/mol. The minimum absolute atomic E-state index is 0.168. The van der Waals surface area contributed by atoms with Crippen LogP contribution in [0.5, 0.6) is 0 Å². The van der Waals surface area contributed by atoms with Gasteiger partial charge in [0.15, 0.2) is 11.6 Å². The van der Waals surface area contributed by atoms with Crippen LogP contribution in [-0.4, -0.2) is 22.4 Å². The third-order valence-corrected chi connectivity index (χ3v) is 2.50. The molecule has 1 amide bonds. The van der Waals surface area contributed by atoms with Gasteiger partial charge in [0, 0.05) is 30.7 Å². The van der Waals surface area contributed by atoms with Gasteiger partial charge in [0.25, 0.3) is 5.91 Å². The van der Waals surface area contributed by atoms with Crippen LogP contribution in [0.25, 0.3) is 0 Å². The Morgan fingerprint density at radius 2 is 1.95 bits per heavy atom. The molecule has 1 heterocycles. The predicted molar refractivity (Wildman–Crippen MR) is 74.2 cm³/mol. The van der Waals surface area contributed by atoms with E-state index in [0.29, 0.717) is 12.2 Å². The predicted octanol–water partition coefficient (Wildman–Crippen LogP) is 2.41. The first kappa shape index (κ1) is 14.6. The molecule has 0 saturated heterocycles. The first-order chi connectivity index (χ1) is 10.1. The van der Waals surface area contributed by atoms with Gasteiger partial charge in [-0.25, -0.2) is 18.7 Å². The average molecular weight is 290 g/mol. The van der Waals surface area contributed by atoms with E-state index in [1.54, 1.807) is 6.08 Å². The van der Waals surface area contributed by atoms with Crippen molar-refractivity contribution in [2.45, 2.75) is 0 Å². The number of nitrogens with zero attached hydrogens (tertiary/aromatic N) is 2. The molecule has 1 aromatic heterocycles. The van der Waals surface area contributed by atoms with Crippen molar-refractivity contribution in [3.63, 3.8) is 0 Å². The number of carbonyl (C=O) groups excluding carboxylic acids is 1. The van der Waals surface area contributed by atoms with Gasteiger partial charge < -0.3 is 10.6 Å². The van der Waals surface area contributed by atoms with Crippen molar-refractivity contribution < 1.29 is 13.6 Å². The number of benzene rings is 1. The summed E-state index contributed by atoms with van der Waals surface area (Å²) in [6.07, 6.45) is 4.21. The lowest BCUT2D eigenvalue weighted by atomic mass is 10.3. The number of amides is 1. The second kappa shape index (κ2) is 6.56. The van der Waals surface area contributed by atoms with Crippen molar-refractivity contribution in [1.82, 2.24) is 15.3 Å².